The van der Waals surface area contributed by atoms with E-state index in [2.05, 4.69) is 21.4 Å². The molecule has 2 aliphatic rings. The molecule has 2 saturated heterocycles. The van der Waals surface area contributed by atoms with Gasteiger partial charge in [-0.3, -0.25) is 15.5 Å². The van der Waals surface area contributed by atoms with Crippen LogP contribution in [0.2, 0.25) is 0 Å². The second-order valence-corrected chi connectivity index (χ2v) is 8.12. The quantitative estimate of drug-likeness (QED) is 0.576. The molecule has 2 heterocycles. The molecule has 8 heteroatoms. The van der Waals surface area contributed by atoms with E-state index in [1.165, 1.54) is 6.26 Å². The summed E-state index contributed by atoms with van der Waals surface area (Å²) in [4.78, 5) is 5.74. The van der Waals surface area contributed by atoms with Gasteiger partial charge in [-0.1, -0.05) is 12.1 Å². The summed E-state index contributed by atoms with van der Waals surface area (Å²) in [5, 5.41) is 10.4. The Morgan fingerprint density at radius 3 is 2.70 bits per heavy atom. The molecule has 0 aromatic heterocycles. The third kappa shape index (κ3) is 4.50. The Hall–Kier alpha value is -1.03. The summed E-state index contributed by atoms with van der Waals surface area (Å²) >= 11 is 0. The summed E-state index contributed by atoms with van der Waals surface area (Å²) in [7, 11) is -3.15. The molecule has 2 aliphatic heterocycles. The van der Waals surface area contributed by atoms with Crippen molar-refractivity contribution >= 4 is 9.84 Å². The molecule has 4 N–H and O–H groups in total. The Balaban J connectivity index is 1.57. The zero-order valence-electron chi connectivity index (χ0n) is 13.2. The number of hydrogen-bond acceptors (Lipinski definition) is 7. The highest BCUT2D eigenvalue weighted by atomic mass is 32.2. The van der Waals surface area contributed by atoms with Crippen LogP contribution in [0.1, 0.15) is 18.0 Å². The molecule has 23 heavy (non-hydrogen) atoms. The highest BCUT2D eigenvalue weighted by Gasteiger charge is 2.23. The van der Waals surface area contributed by atoms with E-state index in [-0.39, 0.29) is 18.3 Å². The molecule has 7 nitrogen and oxygen atoms in total. The van der Waals surface area contributed by atoms with E-state index in [0.29, 0.717) is 4.90 Å². The lowest BCUT2D eigenvalue weighted by Crippen LogP contribution is -2.57. The standard InChI is InChI=1S/C15H24N4O3S/c1-23(20,21)13-4-2-11(3-5-13)14-9-16-10-15(19-14)17-8-12-6-7-18-22-12/h2-5,12,14-19H,6-10H2,1H3. The van der Waals surface area contributed by atoms with Gasteiger partial charge in [-0.05, 0) is 24.1 Å². The fourth-order valence-electron chi connectivity index (χ4n) is 2.90. The molecule has 0 saturated carbocycles. The average molecular weight is 340 g/mol. The Bertz CT molecular complexity index is 614. The maximum Gasteiger partial charge on any atom is 0.175 e. The largest absolute Gasteiger partial charge is 0.312 e. The van der Waals surface area contributed by atoms with Crippen LogP contribution in [0, 0.1) is 0 Å². The lowest BCUT2D eigenvalue weighted by Gasteiger charge is -2.33. The van der Waals surface area contributed by atoms with Crippen LogP contribution in [0.25, 0.3) is 0 Å². The van der Waals surface area contributed by atoms with E-state index in [1.807, 2.05) is 12.1 Å². The van der Waals surface area contributed by atoms with E-state index < -0.39 is 9.84 Å². The van der Waals surface area contributed by atoms with Crippen molar-refractivity contribution in [2.75, 3.05) is 32.4 Å². The first-order valence-corrected chi connectivity index (χ1v) is 9.80. The van der Waals surface area contributed by atoms with Crippen molar-refractivity contribution < 1.29 is 13.3 Å². The molecule has 3 rings (SSSR count). The molecule has 1 aromatic rings. The van der Waals surface area contributed by atoms with Crippen LogP contribution in [-0.4, -0.2) is 53.1 Å². The molecular formula is C15H24N4O3S. The smallest absolute Gasteiger partial charge is 0.175 e. The lowest BCUT2D eigenvalue weighted by atomic mass is 10.0. The molecule has 0 aliphatic carbocycles. The predicted octanol–water partition coefficient (Wildman–Crippen LogP) is -0.467. The molecule has 0 amide bonds. The van der Waals surface area contributed by atoms with Crippen LogP contribution in [0.15, 0.2) is 29.2 Å². The van der Waals surface area contributed by atoms with E-state index in [1.54, 1.807) is 12.1 Å². The van der Waals surface area contributed by atoms with Crippen LogP contribution < -0.4 is 21.4 Å². The van der Waals surface area contributed by atoms with E-state index in [9.17, 15) is 8.42 Å². The highest BCUT2D eigenvalue weighted by Crippen LogP contribution is 2.18. The van der Waals surface area contributed by atoms with Crippen molar-refractivity contribution in [2.24, 2.45) is 0 Å². The molecular weight excluding hydrogens is 316 g/mol. The average Bonchev–Trinajstić information content (AvgIpc) is 3.06. The van der Waals surface area contributed by atoms with Crippen molar-refractivity contribution in [3.8, 4) is 0 Å². The monoisotopic (exact) mass is 340 g/mol. The van der Waals surface area contributed by atoms with Crippen LogP contribution >= 0.6 is 0 Å². The van der Waals surface area contributed by atoms with Crippen molar-refractivity contribution in [2.45, 2.75) is 29.6 Å². The van der Waals surface area contributed by atoms with Crippen molar-refractivity contribution in [1.82, 2.24) is 21.4 Å². The van der Waals surface area contributed by atoms with Gasteiger partial charge in [-0.25, -0.2) is 13.9 Å². The van der Waals surface area contributed by atoms with Gasteiger partial charge in [-0.15, -0.1) is 0 Å². The summed E-state index contributed by atoms with van der Waals surface area (Å²) in [5.74, 6) is 0. The number of hydroxylamine groups is 1. The first-order chi connectivity index (χ1) is 11.0. The van der Waals surface area contributed by atoms with Crippen LogP contribution in [0.5, 0.6) is 0 Å². The SMILES string of the molecule is CS(=O)(=O)c1ccc(C2CNCC(NCC3CCNO3)N2)cc1. The fraction of sp³-hybridized carbons (Fsp3) is 0.600. The Kier molecular flexibility index (Phi) is 5.30. The van der Waals surface area contributed by atoms with E-state index in [4.69, 9.17) is 4.84 Å². The first-order valence-electron chi connectivity index (χ1n) is 7.91. The number of nitrogens with one attached hydrogen (secondary N) is 4. The number of benzene rings is 1. The molecule has 0 radical (unpaired) electrons. The second kappa shape index (κ2) is 7.25. The highest BCUT2D eigenvalue weighted by molar-refractivity contribution is 7.90. The normalized spacial score (nSPS) is 28.8. The van der Waals surface area contributed by atoms with Gasteiger partial charge < -0.3 is 5.32 Å². The number of piperazine rings is 1. The summed E-state index contributed by atoms with van der Waals surface area (Å²) in [5.41, 5.74) is 3.97. The Morgan fingerprint density at radius 1 is 1.26 bits per heavy atom. The van der Waals surface area contributed by atoms with Crippen molar-refractivity contribution in [1.29, 1.82) is 0 Å². The maximum atomic E-state index is 11.5. The zero-order valence-corrected chi connectivity index (χ0v) is 14.0. The van der Waals surface area contributed by atoms with Crippen LogP contribution in [0.4, 0.5) is 0 Å². The molecule has 0 bridgehead atoms. The fourth-order valence-corrected chi connectivity index (χ4v) is 3.53. The minimum Gasteiger partial charge on any atom is -0.312 e. The molecule has 3 unspecified atom stereocenters. The second-order valence-electron chi connectivity index (χ2n) is 6.10. The topological polar surface area (TPSA) is 91.5 Å². The van der Waals surface area contributed by atoms with E-state index >= 15 is 0 Å². The molecule has 0 spiro atoms. The third-order valence-electron chi connectivity index (χ3n) is 4.22. The Morgan fingerprint density at radius 2 is 2.04 bits per heavy atom. The summed E-state index contributed by atoms with van der Waals surface area (Å²) in [6.45, 7) is 3.36. The maximum absolute atomic E-state index is 11.5. The van der Waals surface area contributed by atoms with Gasteiger partial charge in [0.25, 0.3) is 0 Å². The molecule has 2 fully saturated rings. The minimum atomic E-state index is -3.15. The van der Waals surface area contributed by atoms with Crippen LogP contribution in [0.3, 0.4) is 0 Å². The summed E-state index contributed by atoms with van der Waals surface area (Å²) in [6.07, 6.45) is 2.62. The van der Waals surface area contributed by atoms with Gasteiger partial charge in [-0.2, -0.15) is 0 Å². The molecule has 1 aromatic carbocycles. The van der Waals surface area contributed by atoms with Gasteiger partial charge in [0.05, 0.1) is 17.2 Å². The zero-order chi connectivity index (χ0) is 16.3. The summed E-state index contributed by atoms with van der Waals surface area (Å²) in [6, 6.07) is 7.24. The van der Waals surface area contributed by atoms with Gasteiger partial charge in [0.1, 0.15) is 0 Å². The Labute approximate surface area is 137 Å². The third-order valence-corrected chi connectivity index (χ3v) is 5.35. The van der Waals surface area contributed by atoms with Crippen molar-refractivity contribution in [3.05, 3.63) is 29.8 Å². The van der Waals surface area contributed by atoms with E-state index in [0.717, 1.165) is 38.2 Å². The van der Waals surface area contributed by atoms with Crippen molar-refractivity contribution in [3.63, 3.8) is 0 Å². The van der Waals surface area contributed by atoms with Crippen LogP contribution in [-0.2, 0) is 14.7 Å². The summed E-state index contributed by atoms with van der Waals surface area (Å²) < 4.78 is 23.1. The number of sulfone groups is 1. The molecule has 128 valence electrons. The first kappa shape index (κ1) is 16.8. The van der Waals surface area contributed by atoms with Gasteiger partial charge in [0.2, 0.25) is 0 Å². The lowest BCUT2D eigenvalue weighted by molar-refractivity contribution is 0.0319. The van der Waals surface area contributed by atoms with Gasteiger partial charge in [0.15, 0.2) is 9.84 Å². The predicted molar refractivity (Wildman–Crippen MR) is 87.6 cm³/mol. The minimum absolute atomic E-state index is 0.150. The molecule has 3 atom stereocenters. The number of hydrogen-bond donors (Lipinski definition) is 4. The van der Waals surface area contributed by atoms with Gasteiger partial charge in [0, 0.05) is 38.5 Å². The van der Waals surface area contributed by atoms with Gasteiger partial charge >= 0.3 is 0 Å². The number of rotatable bonds is 5.